The molecule has 1 atom stereocenters. The number of likely N-dealkylation sites (N-methyl/N-ethyl adjacent to an activating group) is 1. The number of rotatable bonds is 4. The van der Waals surface area contributed by atoms with E-state index in [-0.39, 0.29) is 6.04 Å². The monoisotopic (exact) mass is 268 g/mol. The van der Waals surface area contributed by atoms with E-state index in [2.05, 4.69) is 69.1 Å². The lowest BCUT2D eigenvalue weighted by Crippen LogP contribution is -2.31. The van der Waals surface area contributed by atoms with Crippen LogP contribution in [-0.4, -0.2) is 13.6 Å². The topological polar surface area (TPSA) is 29.3 Å². The molecular weight excluding hydrogens is 244 g/mol. The maximum absolute atomic E-state index is 6.06. The summed E-state index contributed by atoms with van der Waals surface area (Å²) >= 11 is 0. The minimum absolute atomic E-state index is 0.205. The smallest absolute Gasteiger partial charge is 0.0664 e. The van der Waals surface area contributed by atoms with Crippen LogP contribution in [0.25, 0.3) is 0 Å². The quantitative estimate of drug-likeness (QED) is 0.915. The molecule has 0 amide bonds. The first-order valence-corrected chi connectivity index (χ1v) is 7.10. The zero-order chi connectivity index (χ0) is 14.7. The summed E-state index contributed by atoms with van der Waals surface area (Å²) in [6.07, 6.45) is 0. The molecule has 2 aromatic carbocycles. The van der Waals surface area contributed by atoms with E-state index in [1.165, 1.54) is 27.9 Å². The first kappa shape index (κ1) is 14.6. The second-order valence-corrected chi connectivity index (χ2v) is 5.49. The summed E-state index contributed by atoms with van der Waals surface area (Å²) in [5.74, 6) is 0. The normalized spacial score (nSPS) is 12.2. The molecule has 2 heteroatoms. The van der Waals surface area contributed by atoms with Gasteiger partial charge in [0.05, 0.1) is 6.04 Å². The average Bonchev–Trinajstić information content (AvgIpc) is 2.46. The molecule has 0 heterocycles. The second kappa shape index (κ2) is 6.10. The minimum atomic E-state index is 0.205. The number of anilines is 1. The van der Waals surface area contributed by atoms with E-state index >= 15 is 0 Å². The first-order valence-electron chi connectivity index (χ1n) is 7.10. The van der Waals surface area contributed by atoms with Crippen LogP contribution < -0.4 is 10.6 Å². The molecule has 0 aromatic heterocycles. The van der Waals surface area contributed by atoms with Gasteiger partial charge in [-0.1, -0.05) is 30.3 Å². The molecule has 20 heavy (non-hydrogen) atoms. The summed E-state index contributed by atoms with van der Waals surface area (Å²) in [5, 5.41) is 0. The van der Waals surface area contributed by atoms with E-state index in [1.807, 2.05) is 6.07 Å². The molecule has 2 N–H and O–H groups in total. The van der Waals surface area contributed by atoms with Crippen LogP contribution in [0.15, 0.2) is 42.5 Å². The number of para-hydroxylation sites is 1. The standard InChI is InChI=1S/C18H24N2/c1-13-10-15(3)17(11-14(13)2)18(12-19)20(4)16-8-6-5-7-9-16/h5-11,18H,12,19H2,1-4H3. The van der Waals surface area contributed by atoms with Gasteiger partial charge in [0.1, 0.15) is 0 Å². The summed E-state index contributed by atoms with van der Waals surface area (Å²) in [4.78, 5) is 2.26. The SMILES string of the molecule is Cc1cc(C)c(C(CN)N(C)c2ccccc2)cc1C. The van der Waals surface area contributed by atoms with Crippen LogP contribution in [0.2, 0.25) is 0 Å². The molecule has 0 fully saturated rings. The van der Waals surface area contributed by atoms with Crippen molar-refractivity contribution in [2.75, 3.05) is 18.5 Å². The van der Waals surface area contributed by atoms with Gasteiger partial charge in [0.2, 0.25) is 0 Å². The second-order valence-electron chi connectivity index (χ2n) is 5.49. The molecule has 2 nitrogen and oxygen atoms in total. The van der Waals surface area contributed by atoms with E-state index in [0.717, 1.165) is 0 Å². The number of nitrogens with two attached hydrogens (primary N) is 1. The lowest BCUT2D eigenvalue weighted by molar-refractivity contribution is 0.676. The molecule has 106 valence electrons. The van der Waals surface area contributed by atoms with Crippen molar-refractivity contribution >= 4 is 5.69 Å². The van der Waals surface area contributed by atoms with Crippen LogP contribution in [-0.2, 0) is 0 Å². The van der Waals surface area contributed by atoms with E-state index in [9.17, 15) is 0 Å². The summed E-state index contributed by atoms with van der Waals surface area (Å²) < 4.78 is 0. The van der Waals surface area contributed by atoms with Crippen LogP contribution in [0.4, 0.5) is 5.69 Å². The van der Waals surface area contributed by atoms with Crippen molar-refractivity contribution in [3.63, 3.8) is 0 Å². The predicted octanol–water partition coefficient (Wildman–Crippen LogP) is 3.75. The molecule has 1 unspecified atom stereocenters. The highest BCUT2D eigenvalue weighted by Crippen LogP contribution is 2.28. The fourth-order valence-corrected chi connectivity index (χ4v) is 2.68. The molecule has 0 radical (unpaired) electrons. The summed E-state index contributed by atoms with van der Waals surface area (Å²) in [6, 6.07) is 15.2. The van der Waals surface area contributed by atoms with Gasteiger partial charge in [-0.25, -0.2) is 0 Å². The van der Waals surface area contributed by atoms with Crippen LogP contribution in [0.1, 0.15) is 28.3 Å². The van der Waals surface area contributed by atoms with E-state index in [0.29, 0.717) is 6.54 Å². The highest BCUT2D eigenvalue weighted by molar-refractivity contribution is 5.50. The van der Waals surface area contributed by atoms with E-state index < -0.39 is 0 Å². The van der Waals surface area contributed by atoms with Gasteiger partial charge in [-0.3, -0.25) is 0 Å². The van der Waals surface area contributed by atoms with Crippen molar-refractivity contribution in [3.05, 3.63) is 64.7 Å². The van der Waals surface area contributed by atoms with E-state index in [4.69, 9.17) is 5.73 Å². The maximum atomic E-state index is 6.06. The van der Waals surface area contributed by atoms with Gasteiger partial charge in [0, 0.05) is 19.3 Å². The largest absolute Gasteiger partial charge is 0.366 e. The molecule has 0 aliphatic rings. The van der Waals surface area contributed by atoms with Gasteiger partial charge in [-0.05, 0) is 55.2 Å². The molecule has 0 spiro atoms. The van der Waals surface area contributed by atoms with Crippen molar-refractivity contribution in [2.45, 2.75) is 26.8 Å². The zero-order valence-electron chi connectivity index (χ0n) is 12.9. The Bertz CT molecular complexity index is 575. The molecular formula is C18H24N2. The van der Waals surface area contributed by atoms with Crippen LogP contribution in [0.5, 0.6) is 0 Å². The minimum Gasteiger partial charge on any atom is -0.366 e. The molecule has 0 saturated carbocycles. The lowest BCUT2D eigenvalue weighted by atomic mass is 9.95. The Kier molecular flexibility index (Phi) is 4.46. The number of hydrogen-bond donors (Lipinski definition) is 1. The Morgan fingerprint density at radius 1 is 0.950 bits per heavy atom. The molecule has 2 rings (SSSR count). The Labute approximate surface area is 122 Å². The van der Waals surface area contributed by atoms with Gasteiger partial charge in [-0.15, -0.1) is 0 Å². The zero-order valence-corrected chi connectivity index (χ0v) is 12.9. The Hall–Kier alpha value is -1.80. The molecule has 0 aliphatic heterocycles. The van der Waals surface area contributed by atoms with Crippen molar-refractivity contribution < 1.29 is 0 Å². The third-order valence-corrected chi connectivity index (χ3v) is 4.10. The highest BCUT2D eigenvalue weighted by Gasteiger charge is 2.18. The van der Waals surface area contributed by atoms with Crippen molar-refractivity contribution in [2.24, 2.45) is 5.73 Å². The molecule has 0 bridgehead atoms. The first-order chi connectivity index (χ1) is 9.54. The van der Waals surface area contributed by atoms with Gasteiger partial charge in [0.15, 0.2) is 0 Å². The van der Waals surface area contributed by atoms with Gasteiger partial charge in [-0.2, -0.15) is 0 Å². The van der Waals surface area contributed by atoms with Gasteiger partial charge < -0.3 is 10.6 Å². The number of aryl methyl sites for hydroxylation is 3. The van der Waals surface area contributed by atoms with Crippen LogP contribution in [0.3, 0.4) is 0 Å². The lowest BCUT2D eigenvalue weighted by Gasteiger charge is -2.31. The maximum Gasteiger partial charge on any atom is 0.0664 e. The third kappa shape index (κ3) is 2.86. The van der Waals surface area contributed by atoms with Crippen LogP contribution in [0, 0.1) is 20.8 Å². The Morgan fingerprint density at radius 2 is 1.55 bits per heavy atom. The van der Waals surface area contributed by atoms with E-state index in [1.54, 1.807) is 0 Å². The van der Waals surface area contributed by atoms with Crippen LogP contribution >= 0.6 is 0 Å². The number of nitrogens with zero attached hydrogens (tertiary/aromatic N) is 1. The van der Waals surface area contributed by atoms with Crippen molar-refractivity contribution in [1.82, 2.24) is 0 Å². The summed E-state index contributed by atoms with van der Waals surface area (Å²) in [7, 11) is 2.11. The van der Waals surface area contributed by atoms with Gasteiger partial charge >= 0.3 is 0 Å². The fourth-order valence-electron chi connectivity index (χ4n) is 2.68. The third-order valence-electron chi connectivity index (χ3n) is 4.10. The van der Waals surface area contributed by atoms with Crippen molar-refractivity contribution in [1.29, 1.82) is 0 Å². The Balaban J connectivity index is 2.40. The number of hydrogen-bond acceptors (Lipinski definition) is 2. The molecule has 2 aromatic rings. The predicted molar refractivity (Wildman–Crippen MR) is 87.3 cm³/mol. The number of benzene rings is 2. The Morgan fingerprint density at radius 3 is 2.15 bits per heavy atom. The van der Waals surface area contributed by atoms with Crippen molar-refractivity contribution in [3.8, 4) is 0 Å². The highest BCUT2D eigenvalue weighted by atomic mass is 15.1. The fraction of sp³-hybridized carbons (Fsp3) is 0.333. The average molecular weight is 268 g/mol. The molecule has 0 aliphatic carbocycles. The van der Waals surface area contributed by atoms with Gasteiger partial charge in [0.25, 0.3) is 0 Å². The summed E-state index contributed by atoms with van der Waals surface area (Å²) in [6.45, 7) is 7.09. The summed E-state index contributed by atoms with van der Waals surface area (Å²) in [5.41, 5.74) is 12.5. The molecule has 0 saturated heterocycles.